The number of aromatic nitrogens is 2. The highest BCUT2D eigenvalue weighted by atomic mass is 79.9. The molecule has 2 aromatic rings. The predicted octanol–water partition coefficient (Wildman–Crippen LogP) is 3.36. The highest BCUT2D eigenvalue weighted by Crippen LogP contribution is 2.22. The molecule has 0 unspecified atom stereocenters. The van der Waals surface area contributed by atoms with Gasteiger partial charge < -0.3 is 10.6 Å². The largest absolute Gasteiger partial charge is 0.340 e. The zero-order valence-corrected chi connectivity index (χ0v) is 16.3. The van der Waals surface area contributed by atoms with Crippen molar-refractivity contribution in [2.75, 3.05) is 5.32 Å². The van der Waals surface area contributed by atoms with Crippen LogP contribution in [0, 0.1) is 0 Å². The van der Waals surface area contributed by atoms with Gasteiger partial charge in [0.2, 0.25) is 5.91 Å². The summed E-state index contributed by atoms with van der Waals surface area (Å²) in [5.41, 5.74) is 0.340. The van der Waals surface area contributed by atoms with Crippen LogP contribution in [0.3, 0.4) is 0 Å². The zero-order valence-electron chi connectivity index (χ0n) is 13.9. The summed E-state index contributed by atoms with van der Waals surface area (Å²) in [6.45, 7) is 7.67. The van der Waals surface area contributed by atoms with E-state index in [0.717, 1.165) is 3.79 Å². The van der Waals surface area contributed by atoms with Gasteiger partial charge in [-0.2, -0.15) is 0 Å². The maximum atomic E-state index is 12.2. The molecule has 2 amide bonds. The van der Waals surface area contributed by atoms with Crippen LogP contribution in [0.2, 0.25) is 0 Å². The number of thiophene rings is 1. The van der Waals surface area contributed by atoms with Gasteiger partial charge in [0.15, 0.2) is 0 Å². The van der Waals surface area contributed by atoms with Crippen molar-refractivity contribution >= 4 is 44.8 Å². The van der Waals surface area contributed by atoms with Crippen LogP contribution in [-0.2, 0) is 10.2 Å². The average Bonchev–Trinajstić information content (AvgIpc) is 2.93. The molecule has 0 aromatic carbocycles. The van der Waals surface area contributed by atoms with E-state index in [1.807, 2.05) is 20.8 Å². The number of rotatable bonds is 4. The summed E-state index contributed by atoms with van der Waals surface area (Å²) in [7, 11) is 0. The number of nitrogens with zero attached hydrogens (tertiary/aromatic N) is 2. The van der Waals surface area contributed by atoms with E-state index in [4.69, 9.17) is 0 Å². The molecule has 2 heterocycles. The second-order valence-electron chi connectivity index (χ2n) is 6.33. The monoisotopic (exact) mass is 410 g/mol. The quantitative estimate of drug-likeness (QED) is 0.808. The van der Waals surface area contributed by atoms with E-state index in [9.17, 15) is 9.59 Å². The molecule has 2 rings (SSSR count). The molecule has 0 spiro atoms. The Morgan fingerprint density at radius 3 is 2.33 bits per heavy atom. The Kier molecular flexibility index (Phi) is 5.71. The van der Waals surface area contributed by atoms with Crippen LogP contribution in [0.25, 0.3) is 0 Å². The van der Waals surface area contributed by atoms with Gasteiger partial charge in [0, 0.05) is 5.41 Å². The molecule has 6 nitrogen and oxygen atoms in total. The molecular formula is C16H19BrN4O2S. The molecule has 0 aliphatic carbocycles. The normalized spacial score (nSPS) is 12.5. The Morgan fingerprint density at radius 2 is 1.83 bits per heavy atom. The maximum Gasteiger partial charge on any atom is 0.262 e. The molecule has 0 aliphatic rings. The molecule has 1 atom stereocenters. The summed E-state index contributed by atoms with van der Waals surface area (Å²) in [6, 6.07) is 2.81. The third-order valence-corrected chi connectivity index (χ3v) is 4.75. The number of carbonyl (C=O) groups is 2. The first-order chi connectivity index (χ1) is 11.2. The maximum absolute atomic E-state index is 12.2. The van der Waals surface area contributed by atoms with Gasteiger partial charge >= 0.3 is 0 Å². The molecule has 24 heavy (non-hydrogen) atoms. The van der Waals surface area contributed by atoms with Crippen LogP contribution in [0.1, 0.15) is 43.2 Å². The van der Waals surface area contributed by atoms with Crippen molar-refractivity contribution in [1.82, 2.24) is 15.3 Å². The first kappa shape index (κ1) is 18.5. The fraction of sp³-hybridized carbons (Fsp3) is 0.375. The molecule has 0 saturated heterocycles. The van der Waals surface area contributed by atoms with Crippen molar-refractivity contribution in [3.63, 3.8) is 0 Å². The number of hydrogen-bond donors (Lipinski definition) is 2. The molecule has 0 radical (unpaired) electrons. The van der Waals surface area contributed by atoms with E-state index in [2.05, 4.69) is 36.5 Å². The van der Waals surface area contributed by atoms with E-state index in [0.29, 0.717) is 16.4 Å². The minimum Gasteiger partial charge on any atom is -0.340 e. The molecular weight excluding hydrogens is 392 g/mol. The third-order valence-electron chi connectivity index (χ3n) is 3.13. The van der Waals surface area contributed by atoms with E-state index in [1.54, 1.807) is 31.5 Å². The van der Waals surface area contributed by atoms with Crippen molar-refractivity contribution in [1.29, 1.82) is 0 Å². The molecule has 0 bridgehead atoms. The van der Waals surface area contributed by atoms with Crippen LogP contribution in [0.4, 0.5) is 5.69 Å². The lowest BCUT2D eigenvalue weighted by atomic mass is 9.96. The Hall–Kier alpha value is -1.80. The topological polar surface area (TPSA) is 84.0 Å². The highest BCUT2D eigenvalue weighted by molar-refractivity contribution is 9.11. The van der Waals surface area contributed by atoms with Crippen molar-refractivity contribution in [2.45, 2.75) is 39.2 Å². The van der Waals surface area contributed by atoms with Gasteiger partial charge in [-0.05, 0) is 35.0 Å². The van der Waals surface area contributed by atoms with Gasteiger partial charge in [-0.15, -0.1) is 11.3 Å². The predicted molar refractivity (Wildman–Crippen MR) is 98.3 cm³/mol. The minimum absolute atomic E-state index is 0.154. The van der Waals surface area contributed by atoms with Crippen molar-refractivity contribution in [3.05, 3.63) is 39.0 Å². The lowest BCUT2D eigenvalue weighted by Crippen LogP contribution is -2.41. The van der Waals surface area contributed by atoms with Crippen molar-refractivity contribution in [2.24, 2.45) is 0 Å². The van der Waals surface area contributed by atoms with Crippen LogP contribution in [0.5, 0.6) is 0 Å². The summed E-state index contributed by atoms with van der Waals surface area (Å²) in [5.74, 6) is 0.0869. The molecule has 2 N–H and O–H groups in total. The van der Waals surface area contributed by atoms with Crippen LogP contribution < -0.4 is 10.6 Å². The number of nitrogens with one attached hydrogen (secondary N) is 2. The van der Waals surface area contributed by atoms with E-state index in [-0.39, 0.29) is 17.2 Å². The van der Waals surface area contributed by atoms with Crippen LogP contribution in [-0.4, -0.2) is 27.8 Å². The zero-order chi connectivity index (χ0) is 17.9. The highest BCUT2D eigenvalue weighted by Gasteiger charge is 2.19. The summed E-state index contributed by atoms with van der Waals surface area (Å²) in [5, 5.41) is 5.36. The molecule has 2 aromatic heterocycles. The number of anilines is 1. The first-order valence-corrected chi connectivity index (χ1v) is 8.97. The molecule has 0 aliphatic heterocycles. The van der Waals surface area contributed by atoms with Gasteiger partial charge in [0.25, 0.3) is 5.91 Å². The Morgan fingerprint density at radius 1 is 1.21 bits per heavy atom. The minimum atomic E-state index is -0.680. The van der Waals surface area contributed by atoms with E-state index in [1.165, 1.54) is 11.3 Å². The van der Waals surface area contributed by atoms with Gasteiger partial charge in [-0.25, -0.2) is 9.97 Å². The standard InChI is InChI=1S/C16H19BrN4O2S/c1-9(20-14(23)11-5-6-12(17)24-11)13(22)21-10-7-18-15(19-8-10)16(2,3)4/h5-9H,1-4H3,(H,20,23)(H,21,22)/t9-/m1/s1. The van der Waals surface area contributed by atoms with Crippen molar-refractivity contribution < 1.29 is 9.59 Å². The Bertz CT molecular complexity index is 737. The lowest BCUT2D eigenvalue weighted by molar-refractivity contribution is -0.117. The second kappa shape index (κ2) is 7.40. The van der Waals surface area contributed by atoms with Gasteiger partial charge in [0.1, 0.15) is 11.9 Å². The fourth-order valence-electron chi connectivity index (χ4n) is 1.80. The third kappa shape index (κ3) is 4.85. The molecule has 0 fully saturated rings. The number of carbonyl (C=O) groups excluding carboxylic acids is 2. The SMILES string of the molecule is C[C@@H](NC(=O)c1ccc(Br)s1)C(=O)Nc1cnc(C(C)(C)C)nc1. The number of halogens is 1. The van der Waals surface area contributed by atoms with Gasteiger partial charge in [-0.3, -0.25) is 9.59 Å². The molecule has 0 saturated carbocycles. The summed E-state index contributed by atoms with van der Waals surface area (Å²) in [6.07, 6.45) is 3.13. The van der Waals surface area contributed by atoms with E-state index < -0.39 is 6.04 Å². The summed E-state index contributed by atoms with van der Waals surface area (Å²) >= 11 is 4.62. The van der Waals surface area contributed by atoms with Crippen LogP contribution >= 0.6 is 27.3 Å². The Labute approximate surface area is 153 Å². The van der Waals surface area contributed by atoms with Gasteiger partial charge in [-0.1, -0.05) is 20.8 Å². The lowest BCUT2D eigenvalue weighted by Gasteiger charge is -2.17. The Balaban J connectivity index is 1.95. The summed E-state index contributed by atoms with van der Waals surface area (Å²) in [4.78, 5) is 33.3. The van der Waals surface area contributed by atoms with Crippen molar-refractivity contribution in [3.8, 4) is 0 Å². The van der Waals surface area contributed by atoms with Gasteiger partial charge in [0.05, 0.1) is 26.7 Å². The number of amides is 2. The van der Waals surface area contributed by atoms with Crippen LogP contribution in [0.15, 0.2) is 28.3 Å². The summed E-state index contributed by atoms with van der Waals surface area (Å²) < 4.78 is 0.862. The molecule has 128 valence electrons. The smallest absolute Gasteiger partial charge is 0.262 e. The average molecular weight is 411 g/mol. The molecule has 8 heteroatoms. The number of hydrogen-bond acceptors (Lipinski definition) is 5. The fourth-order valence-corrected chi connectivity index (χ4v) is 3.09. The first-order valence-electron chi connectivity index (χ1n) is 7.36. The second-order valence-corrected chi connectivity index (χ2v) is 8.80. The van der Waals surface area contributed by atoms with E-state index >= 15 is 0 Å².